The van der Waals surface area contributed by atoms with Gasteiger partial charge in [-0.2, -0.15) is 5.26 Å². The Morgan fingerprint density at radius 2 is 2.00 bits per heavy atom. The number of carbonyl (C=O) groups is 2. The molecular weight excluding hydrogens is 468 g/mol. The van der Waals surface area contributed by atoms with Gasteiger partial charge in [-0.3, -0.25) is 14.5 Å². The van der Waals surface area contributed by atoms with Gasteiger partial charge in [-0.25, -0.2) is 9.98 Å². The van der Waals surface area contributed by atoms with Gasteiger partial charge < -0.3 is 15.8 Å². The van der Waals surface area contributed by atoms with Crippen LogP contribution in [0.5, 0.6) is 5.75 Å². The zero-order valence-corrected chi connectivity index (χ0v) is 21.6. The highest BCUT2D eigenvalue weighted by Gasteiger charge is 2.53. The molecule has 3 heterocycles. The molecule has 2 amide bonds. The quantitative estimate of drug-likeness (QED) is 0.647. The highest BCUT2D eigenvalue weighted by atomic mass is 16.5. The summed E-state index contributed by atoms with van der Waals surface area (Å²) in [6, 6.07) is 12.5. The molecule has 2 aliphatic heterocycles. The lowest BCUT2D eigenvalue weighted by molar-refractivity contribution is -0.132. The number of aromatic nitrogens is 1. The third-order valence-corrected chi connectivity index (χ3v) is 7.31. The first-order chi connectivity index (χ1) is 17.5. The molecule has 192 valence electrons. The minimum atomic E-state index is -0.589. The normalized spacial score (nSPS) is 26.1. The predicted octanol–water partition coefficient (Wildman–Crippen LogP) is 3.37. The smallest absolute Gasteiger partial charge is 0.232 e. The number of hydrogen-bond acceptors (Lipinski definition) is 7. The lowest BCUT2D eigenvalue weighted by atomic mass is 9.89. The average Bonchev–Trinajstić information content (AvgIpc) is 3.61. The number of carbonyl (C=O) groups excluding carboxylic acids is 2. The van der Waals surface area contributed by atoms with E-state index in [0.29, 0.717) is 12.8 Å². The number of fused-ring (bicyclic) bond motifs is 1. The van der Waals surface area contributed by atoms with Crippen molar-refractivity contribution in [1.29, 1.82) is 5.26 Å². The topological polar surface area (TPSA) is 134 Å². The van der Waals surface area contributed by atoms with Gasteiger partial charge in [0, 0.05) is 24.1 Å². The van der Waals surface area contributed by atoms with Crippen molar-refractivity contribution in [3.8, 4) is 11.8 Å². The second-order valence-electron chi connectivity index (χ2n) is 11.4. The van der Waals surface area contributed by atoms with Gasteiger partial charge in [-0.05, 0) is 57.7 Å². The van der Waals surface area contributed by atoms with Gasteiger partial charge in [-0.15, -0.1) is 0 Å². The second kappa shape index (κ2) is 8.87. The number of nitriles is 1. The molecule has 1 saturated carbocycles. The van der Waals surface area contributed by atoms with E-state index >= 15 is 0 Å². The van der Waals surface area contributed by atoms with Crippen molar-refractivity contribution in [2.45, 2.75) is 70.2 Å². The van der Waals surface area contributed by atoms with Crippen molar-refractivity contribution in [3.63, 3.8) is 0 Å². The number of pyridine rings is 1. The number of amides is 2. The van der Waals surface area contributed by atoms with Crippen molar-refractivity contribution in [1.82, 2.24) is 15.2 Å². The number of nitrogens with one attached hydrogen (secondary N) is 1. The van der Waals surface area contributed by atoms with E-state index in [2.05, 4.69) is 15.3 Å². The summed E-state index contributed by atoms with van der Waals surface area (Å²) >= 11 is 0. The van der Waals surface area contributed by atoms with E-state index in [1.165, 1.54) is 4.90 Å². The molecule has 0 spiro atoms. The number of nitrogens with two attached hydrogens (primary N) is 1. The minimum absolute atomic E-state index is 0.0607. The summed E-state index contributed by atoms with van der Waals surface area (Å²) in [4.78, 5) is 37.1. The lowest BCUT2D eigenvalue weighted by Crippen LogP contribution is -2.52. The van der Waals surface area contributed by atoms with Crippen LogP contribution in [0, 0.1) is 23.2 Å². The number of para-hydroxylation sites is 1. The van der Waals surface area contributed by atoms with Crippen LogP contribution >= 0.6 is 0 Å². The van der Waals surface area contributed by atoms with E-state index in [1.807, 2.05) is 58.0 Å². The van der Waals surface area contributed by atoms with E-state index in [1.54, 1.807) is 18.3 Å². The largest absolute Gasteiger partial charge is 0.487 e. The highest BCUT2D eigenvalue weighted by Crippen LogP contribution is 2.51. The molecule has 5 rings (SSSR count). The van der Waals surface area contributed by atoms with Crippen molar-refractivity contribution < 1.29 is 14.3 Å². The fourth-order valence-electron chi connectivity index (χ4n) is 5.59. The van der Waals surface area contributed by atoms with Gasteiger partial charge in [0.2, 0.25) is 11.8 Å². The van der Waals surface area contributed by atoms with Crippen LogP contribution in [-0.2, 0) is 9.59 Å². The minimum Gasteiger partial charge on any atom is -0.487 e. The molecule has 1 aliphatic carbocycles. The van der Waals surface area contributed by atoms with Crippen LogP contribution in [0.4, 0.5) is 0 Å². The molecule has 3 N–H and O–H groups in total. The summed E-state index contributed by atoms with van der Waals surface area (Å²) in [6.45, 7) is 7.77. The average molecular weight is 501 g/mol. The Labute approximate surface area is 216 Å². The lowest BCUT2D eigenvalue weighted by Gasteiger charge is -2.38. The molecule has 0 saturated heterocycles. The number of nitrogens with zero attached hydrogens (tertiary/aromatic N) is 4. The fraction of sp³-hybridized carbons (Fsp3) is 0.464. The Bertz CT molecular complexity index is 1310. The summed E-state index contributed by atoms with van der Waals surface area (Å²) in [5, 5.41) is 12.4. The van der Waals surface area contributed by atoms with Gasteiger partial charge >= 0.3 is 0 Å². The zero-order chi connectivity index (χ0) is 26.5. The van der Waals surface area contributed by atoms with Crippen molar-refractivity contribution >= 4 is 17.8 Å². The van der Waals surface area contributed by atoms with Crippen LogP contribution in [0.15, 0.2) is 47.6 Å². The van der Waals surface area contributed by atoms with Gasteiger partial charge in [0.15, 0.2) is 5.96 Å². The van der Waals surface area contributed by atoms with Crippen LogP contribution in [0.1, 0.15) is 75.9 Å². The number of benzene rings is 1. The maximum atomic E-state index is 13.5. The summed E-state index contributed by atoms with van der Waals surface area (Å²) in [5.41, 5.74) is 7.29. The summed E-state index contributed by atoms with van der Waals surface area (Å²) in [5.74, 6) is 0.267. The first kappa shape index (κ1) is 24.8. The Morgan fingerprint density at radius 3 is 2.68 bits per heavy atom. The van der Waals surface area contributed by atoms with E-state index in [4.69, 9.17) is 10.5 Å². The molecule has 1 fully saturated rings. The van der Waals surface area contributed by atoms with E-state index in [9.17, 15) is 14.9 Å². The summed E-state index contributed by atoms with van der Waals surface area (Å²) in [6.07, 6.45) is 3.06. The van der Waals surface area contributed by atoms with Crippen LogP contribution in [-0.4, -0.2) is 38.8 Å². The molecule has 3 aliphatic rings. The number of ether oxygens (including phenoxy) is 1. The third kappa shape index (κ3) is 4.88. The van der Waals surface area contributed by atoms with Crippen LogP contribution in [0.25, 0.3) is 0 Å². The number of rotatable bonds is 5. The summed E-state index contributed by atoms with van der Waals surface area (Å²) in [7, 11) is 0. The Balaban J connectivity index is 1.41. The summed E-state index contributed by atoms with van der Waals surface area (Å²) < 4.78 is 6.11. The highest BCUT2D eigenvalue weighted by molar-refractivity contribution is 5.99. The molecule has 2 aromatic rings. The number of guanidine groups is 1. The molecule has 1 aromatic heterocycles. The molecular formula is C28H32N6O3. The van der Waals surface area contributed by atoms with Gasteiger partial charge in [-0.1, -0.05) is 24.3 Å². The second-order valence-corrected chi connectivity index (χ2v) is 11.4. The molecule has 0 bridgehead atoms. The van der Waals surface area contributed by atoms with Crippen LogP contribution < -0.4 is 15.8 Å². The van der Waals surface area contributed by atoms with Crippen LogP contribution in [0.3, 0.4) is 0 Å². The van der Waals surface area contributed by atoms with E-state index in [-0.39, 0.29) is 47.8 Å². The molecule has 37 heavy (non-hydrogen) atoms. The molecule has 1 aromatic carbocycles. The first-order valence-electron chi connectivity index (χ1n) is 12.6. The standard InChI is InChI=1S/C28H32N6O3/c1-27(2)13-23(35)34(26(30)33-27)24(16-9-10-17(14-29)31-15-16)19-11-20(19)25(36)32-21-12-28(3,4)37-22-8-6-5-7-18(21)22/h5-10,15,19-21,24H,11-13H2,1-4H3,(H2,30,33)(H,32,36)/t19-,20-,21-,24?/m0/s1. The maximum absolute atomic E-state index is 13.5. The van der Waals surface area contributed by atoms with E-state index in [0.717, 1.165) is 16.9 Å². The maximum Gasteiger partial charge on any atom is 0.232 e. The number of hydrogen-bond donors (Lipinski definition) is 2. The van der Waals surface area contributed by atoms with Crippen molar-refractivity contribution in [3.05, 3.63) is 59.4 Å². The Morgan fingerprint density at radius 1 is 1.24 bits per heavy atom. The fourth-order valence-corrected chi connectivity index (χ4v) is 5.59. The zero-order valence-electron chi connectivity index (χ0n) is 21.6. The third-order valence-electron chi connectivity index (χ3n) is 7.31. The van der Waals surface area contributed by atoms with E-state index < -0.39 is 17.2 Å². The molecule has 1 unspecified atom stereocenters. The monoisotopic (exact) mass is 500 g/mol. The van der Waals surface area contributed by atoms with Crippen LogP contribution in [0.2, 0.25) is 0 Å². The Kier molecular flexibility index (Phi) is 5.94. The van der Waals surface area contributed by atoms with Crippen molar-refractivity contribution in [2.75, 3.05) is 0 Å². The molecule has 0 radical (unpaired) electrons. The molecule has 9 nitrogen and oxygen atoms in total. The van der Waals surface area contributed by atoms with Gasteiger partial charge in [0.05, 0.1) is 24.0 Å². The van der Waals surface area contributed by atoms with Gasteiger partial charge in [0.1, 0.15) is 23.1 Å². The predicted molar refractivity (Wildman–Crippen MR) is 137 cm³/mol. The van der Waals surface area contributed by atoms with Crippen molar-refractivity contribution in [2.24, 2.45) is 22.6 Å². The van der Waals surface area contributed by atoms with Gasteiger partial charge in [0.25, 0.3) is 0 Å². The molecule has 9 heteroatoms. The SMILES string of the molecule is CC1(C)CC(=O)N(C(c2ccc(C#N)nc2)[C@H]2C[C@@H]2C(=O)N[C@H]2CC(C)(C)Oc3ccccc32)C(N)=N1. The Hall–Kier alpha value is -3.93. The number of aliphatic imine (C=N–C) groups is 1. The first-order valence-corrected chi connectivity index (χ1v) is 12.6. The molecule has 4 atom stereocenters.